The molecule has 0 bridgehead atoms. The minimum Gasteiger partial charge on any atom is -0.464 e. The average Bonchev–Trinajstić information content (AvgIpc) is 3.28. The maximum Gasteiger partial charge on any atom is 0.324 e. The van der Waals surface area contributed by atoms with Gasteiger partial charge in [0.05, 0.1) is 17.6 Å². The summed E-state index contributed by atoms with van der Waals surface area (Å²) in [7, 11) is 2.00. The van der Waals surface area contributed by atoms with Gasteiger partial charge in [-0.05, 0) is 50.3 Å². The van der Waals surface area contributed by atoms with Gasteiger partial charge in [-0.25, -0.2) is 5.43 Å². The molecule has 3 rings (SSSR count). The molecule has 0 unspecified atom stereocenters. The molecule has 0 spiro atoms. The molecule has 10 heteroatoms. The number of nitrogens with one attached hydrogen (secondary N) is 3. The Morgan fingerprint density at radius 3 is 2.57 bits per heavy atom. The highest BCUT2D eigenvalue weighted by molar-refractivity contribution is 7.96. The Kier molecular flexibility index (Phi) is 10.1. The van der Waals surface area contributed by atoms with Crippen LogP contribution in [0.25, 0.3) is 0 Å². The summed E-state index contributed by atoms with van der Waals surface area (Å²) in [5, 5.41) is 12.2. The molecule has 2 amide bonds. The molecule has 2 heterocycles. The van der Waals surface area contributed by atoms with Crippen LogP contribution in [0.1, 0.15) is 64.5 Å². The van der Waals surface area contributed by atoms with E-state index >= 15 is 0 Å². The van der Waals surface area contributed by atoms with Gasteiger partial charge < -0.3 is 10.1 Å². The minimum absolute atomic E-state index is 0.00318. The maximum atomic E-state index is 13.5. The zero-order valence-electron chi connectivity index (χ0n) is 22.3. The second kappa shape index (κ2) is 12.9. The van der Waals surface area contributed by atoms with Crippen LogP contribution in [0.4, 0.5) is 0 Å². The molecule has 2 fully saturated rings. The Balaban J connectivity index is 1.67. The molecule has 37 heavy (non-hydrogen) atoms. The third kappa shape index (κ3) is 7.78. The topological polar surface area (TPSA) is 115 Å². The van der Waals surface area contributed by atoms with Crippen molar-refractivity contribution in [2.45, 2.75) is 71.0 Å². The maximum absolute atomic E-state index is 13.5. The largest absolute Gasteiger partial charge is 0.464 e. The minimum atomic E-state index is -0.957. The first-order valence-electron chi connectivity index (χ1n) is 13.1. The van der Waals surface area contributed by atoms with Gasteiger partial charge in [0.1, 0.15) is 12.1 Å². The van der Waals surface area contributed by atoms with Gasteiger partial charge in [-0.2, -0.15) is 0 Å². The Bertz CT molecular complexity index is 973. The van der Waals surface area contributed by atoms with E-state index in [-0.39, 0.29) is 46.6 Å². The lowest BCUT2D eigenvalue weighted by Crippen LogP contribution is -2.60. The highest BCUT2D eigenvalue weighted by Gasteiger charge is 2.40. The molecule has 0 radical (unpaired) electrons. The van der Waals surface area contributed by atoms with Gasteiger partial charge >= 0.3 is 5.97 Å². The summed E-state index contributed by atoms with van der Waals surface area (Å²) in [6.07, 6.45) is 2.71. The molecule has 2 saturated heterocycles. The summed E-state index contributed by atoms with van der Waals surface area (Å²) in [5.41, 5.74) is 3.94. The molecule has 2 aliphatic heterocycles. The van der Waals surface area contributed by atoms with E-state index in [9.17, 15) is 14.4 Å². The van der Waals surface area contributed by atoms with Crippen LogP contribution in [0, 0.1) is 16.7 Å². The van der Waals surface area contributed by atoms with Crippen LogP contribution in [0.5, 0.6) is 0 Å². The van der Waals surface area contributed by atoms with Gasteiger partial charge in [0, 0.05) is 19.0 Å². The first-order valence-corrected chi connectivity index (χ1v) is 13.5. The molecule has 0 saturated carbocycles. The molecular weight excluding hydrogens is 490 g/mol. The summed E-state index contributed by atoms with van der Waals surface area (Å²) in [4.78, 5) is 41.8. The number of likely N-dealkylation sites (tertiary alicyclic amines) is 1. The van der Waals surface area contributed by atoms with Crippen molar-refractivity contribution in [3.63, 3.8) is 0 Å². The van der Waals surface area contributed by atoms with Gasteiger partial charge in [-0.3, -0.25) is 29.7 Å². The standard InChI is InChI=1S/C27H41N5O4S/c1-5-27(2,3)17-36-26(35)20-12-9-14-32(30-20)25(34)21(16-22(28)37)29-24(33)19-13-15-31(4)23(19)18-10-7-6-8-11-18/h6-8,10-11,19-21,23,30H,5,9,12-17H2,1-4H3,(H2,28,37)(H,29,33)/t19-,20+,21+,23+/m1/s1. The quantitative estimate of drug-likeness (QED) is 0.160. The van der Waals surface area contributed by atoms with Crippen LogP contribution in [-0.2, 0) is 19.1 Å². The number of hydrogen-bond acceptors (Lipinski definition) is 7. The first-order chi connectivity index (χ1) is 17.5. The van der Waals surface area contributed by atoms with Gasteiger partial charge in [0.15, 0.2) is 0 Å². The van der Waals surface area contributed by atoms with Gasteiger partial charge in [0.25, 0.3) is 5.91 Å². The number of amides is 2. The number of carbonyl (C=O) groups is 3. The predicted molar refractivity (Wildman–Crippen MR) is 146 cm³/mol. The highest BCUT2D eigenvalue weighted by Crippen LogP contribution is 2.36. The summed E-state index contributed by atoms with van der Waals surface area (Å²) in [5.74, 6) is -1.32. The second-order valence-corrected chi connectivity index (χ2v) is 11.4. The van der Waals surface area contributed by atoms with Crippen LogP contribution < -0.4 is 10.7 Å². The fraction of sp³-hybridized carbons (Fsp3) is 0.630. The second-order valence-electron chi connectivity index (χ2n) is 10.9. The Morgan fingerprint density at radius 1 is 1.22 bits per heavy atom. The van der Waals surface area contributed by atoms with E-state index in [0.717, 1.165) is 18.5 Å². The van der Waals surface area contributed by atoms with Crippen molar-refractivity contribution in [1.29, 1.82) is 5.41 Å². The summed E-state index contributed by atoms with van der Waals surface area (Å²) in [6.45, 7) is 7.59. The zero-order valence-corrected chi connectivity index (χ0v) is 23.2. The molecule has 1 aromatic carbocycles. The number of ether oxygens (including phenoxy) is 1. The highest BCUT2D eigenvalue weighted by atomic mass is 32.1. The monoisotopic (exact) mass is 531 g/mol. The van der Waals surface area contributed by atoms with Gasteiger partial charge in [-0.1, -0.05) is 51.1 Å². The lowest BCUT2D eigenvalue weighted by molar-refractivity contribution is -0.155. The number of hydrazine groups is 1. The summed E-state index contributed by atoms with van der Waals surface area (Å²) in [6, 6.07) is 8.19. The van der Waals surface area contributed by atoms with Gasteiger partial charge in [0.2, 0.25) is 5.91 Å². The van der Waals surface area contributed by atoms with Crippen molar-refractivity contribution in [1.82, 2.24) is 20.7 Å². The number of nitrogens with zero attached hydrogens (tertiary/aromatic N) is 2. The molecule has 4 atom stereocenters. The zero-order chi connectivity index (χ0) is 27.2. The average molecular weight is 532 g/mol. The Hall–Kier alpha value is -2.43. The molecule has 0 aliphatic carbocycles. The molecule has 3 N–H and O–H groups in total. The van der Waals surface area contributed by atoms with Crippen molar-refractivity contribution in [2.24, 2.45) is 11.3 Å². The fourth-order valence-electron chi connectivity index (χ4n) is 4.80. The third-order valence-corrected chi connectivity index (χ3v) is 7.62. The van der Waals surface area contributed by atoms with Crippen molar-refractivity contribution in [3.05, 3.63) is 35.9 Å². The van der Waals surface area contributed by atoms with Crippen LogP contribution in [0.2, 0.25) is 0 Å². The van der Waals surface area contributed by atoms with E-state index in [1.807, 2.05) is 58.2 Å². The summed E-state index contributed by atoms with van der Waals surface area (Å²) >= 11 is 4.09. The summed E-state index contributed by atoms with van der Waals surface area (Å²) < 4.78 is 5.53. The van der Waals surface area contributed by atoms with Crippen LogP contribution in [0.3, 0.4) is 0 Å². The van der Waals surface area contributed by atoms with Crippen LogP contribution in [0.15, 0.2) is 30.3 Å². The van der Waals surface area contributed by atoms with E-state index in [2.05, 4.69) is 28.3 Å². The number of carbonyl (C=O) groups excluding carboxylic acids is 3. The molecule has 204 valence electrons. The number of thiol groups is 1. The van der Waals surface area contributed by atoms with E-state index in [4.69, 9.17) is 10.1 Å². The fourth-order valence-corrected chi connectivity index (χ4v) is 4.99. The molecule has 9 nitrogen and oxygen atoms in total. The van der Waals surface area contributed by atoms with Crippen molar-refractivity contribution >= 4 is 35.5 Å². The van der Waals surface area contributed by atoms with Gasteiger partial charge in [-0.15, -0.1) is 12.6 Å². The molecule has 2 aliphatic rings. The number of rotatable bonds is 10. The third-order valence-electron chi connectivity index (χ3n) is 7.44. The number of hydrogen-bond donors (Lipinski definition) is 4. The molecule has 0 aromatic heterocycles. The molecular formula is C27H41N5O4S. The smallest absolute Gasteiger partial charge is 0.324 e. The van der Waals surface area contributed by atoms with Crippen molar-refractivity contribution in [2.75, 3.05) is 26.7 Å². The van der Waals surface area contributed by atoms with E-state index < -0.39 is 12.1 Å². The SMILES string of the molecule is CCC(C)(C)COC(=O)[C@@H]1CCCN(C(=O)[C@H](CC(=N)S)NC(=O)[C@@H]2CCN(C)[C@H]2c2ccccc2)N1. The van der Waals surface area contributed by atoms with E-state index in [1.165, 1.54) is 5.01 Å². The van der Waals surface area contributed by atoms with E-state index in [0.29, 0.717) is 32.4 Å². The van der Waals surface area contributed by atoms with E-state index in [1.54, 1.807) is 0 Å². The predicted octanol–water partition coefficient (Wildman–Crippen LogP) is 2.94. The lowest BCUT2D eigenvalue weighted by Gasteiger charge is -2.35. The number of benzene rings is 1. The molecule has 1 aromatic rings. The Morgan fingerprint density at radius 2 is 1.92 bits per heavy atom. The normalized spacial score (nSPS) is 23.4. The van der Waals surface area contributed by atoms with Crippen LogP contribution in [-0.4, -0.2) is 71.6 Å². The lowest BCUT2D eigenvalue weighted by atomic mass is 9.92. The van der Waals surface area contributed by atoms with Crippen LogP contribution >= 0.6 is 12.6 Å². The van der Waals surface area contributed by atoms with Crippen molar-refractivity contribution < 1.29 is 19.1 Å². The Labute approximate surface area is 225 Å². The first kappa shape index (κ1) is 29.1. The van der Waals surface area contributed by atoms with Crippen molar-refractivity contribution in [3.8, 4) is 0 Å². The number of esters is 1.